The number of carboxylic acid groups (broad SMARTS) is 1. The first-order valence-corrected chi connectivity index (χ1v) is 6.56. The third kappa shape index (κ3) is 3.65. The molecule has 104 valence electrons. The molecule has 0 saturated carbocycles. The lowest BCUT2D eigenvalue weighted by Crippen LogP contribution is -2.28. The number of pyridine rings is 1. The normalized spacial score (nSPS) is 12.3. The van der Waals surface area contributed by atoms with Crippen molar-refractivity contribution < 1.29 is 9.90 Å². The predicted octanol–water partition coefficient (Wildman–Crippen LogP) is 2.58. The SMILES string of the molecule is CN(CCC(=O)O)C(c1ccccc1)c1ccccn1. The Kier molecular flexibility index (Phi) is 4.85. The van der Waals surface area contributed by atoms with Gasteiger partial charge in [-0.1, -0.05) is 36.4 Å². The van der Waals surface area contributed by atoms with Crippen molar-refractivity contribution >= 4 is 5.97 Å². The van der Waals surface area contributed by atoms with E-state index in [1.54, 1.807) is 6.20 Å². The van der Waals surface area contributed by atoms with Gasteiger partial charge in [0.15, 0.2) is 0 Å². The third-order valence-corrected chi connectivity index (χ3v) is 3.20. The van der Waals surface area contributed by atoms with Crippen LogP contribution in [0.1, 0.15) is 23.7 Å². The summed E-state index contributed by atoms with van der Waals surface area (Å²) >= 11 is 0. The van der Waals surface area contributed by atoms with E-state index in [0.29, 0.717) is 6.54 Å². The van der Waals surface area contributed by atoms with Crippen molar-refractivity contribution in [3.05, 3.63) is 66.0 Å². The van der Waals surface area contributed by atoms with Gasteiger partial charge in [0.25, 0.3) is 0 Å². The lowest BCUT2D eigenvalue weighted by Gasteiger charge is -2.27. The number of aliphatic carboxylic acids is 1. The Balaban J connectivity index is 2.27. The van der Waals surface area contributed by atoms with Crippen molar-refractivity contribution in [3.8, 4) is 0 Å². The van der Waals surface area contributed by atoms with E-state index < -0.39 is 5.97 Å². The Morgan fingerprint density at radius 1 is 1.20 bits per heavy atom. The van der Waals surface area contributed by atoms with Crippen molar-refractivity contribution in [2.75, 3.05) is 13.6 Å². The number of carboxylic acids is 1. The number of benzene rings is 1. The van der Waals surface area contributed by atoms with Crippen LogP contribution in [0.15, 0.2) is 54.7 Å². The molecule has 1 aromatic heterocycles. The molecule has 0 amide bonds. The predicted molar refractivity (Wildman–Crippen MR) is 77.4 cm³/mol. The second-order valence-corrected chi connectivity index (χ2v) is 4.69. The molecule has 0 aliphatic carbocycles. The van der Waals surface area contributed by atoms with Crippen molar-refractivity contribution in [1.29, 1.82) is 0 Å². The second-order valence-electron chi connectivity index (χ2n) is 4.69. The molecule has 1 atom stereocenters. The highest BCUT2D eigenvalue weighted by Gasteiger charge is 2.20. The van der Waals surface area contributed by atoms with Crippen LogP contribution in [0, 0.1) is 0 Å². The van der Waals surface area contributed by atoms with Crippen LogP contribution >= 0.6 is 0 Å². The summed E-state index contributed by atoms with van der Waals surface area (Å²) in [6, 6.07) is 15.8. The minimum absolute atomic E-state index is 0.0308. The lowest BCUT2D eigenvalue weighted by molar-refractivity contribution is -0.137. The highest BCUT2D eigenvalue weighted by molar-refractivity contribution is 5.66. The molecule has 2 aromatic rings. The molecule has 4 heteroatoms. The smallest absolute Gasteiger partial charge is 0.304 e. The van der Waals surface area contributed by atoms with E-state index in [9.17, 15) is 4.79 Å². The highest BCUT2D eigenvalue weighted by atomic mass is 16.4. The molecule has 0 saturated heterocycles. The fourth-order valence-corrected chi connectivity index (χ4v) is 2.23. The fraction of sp³-hybridized carbons (Fsp3) is 0.250. The van der Waals surface area contributed by atoms with Crippen LogP contribution < -0.4 is 0 Å². The van der Waals surface area contributed by atoms with E-state index in [1.807, 2.05) is 60.5 Å². The van der Waals surface area contributed by atoms with E-state index in [-0.39, 0.29) is 12.5 Å². The van der Waals surface area contributed by atoms with Gasteiger partial charge in [0.05, 0.1) is 18.2 Å². The molecule has 1 heterocycles. The molecule has 4 nitrogen and oxygen atoms in total. The highest BCUT2D eigenvalue weighted by Crippen LogP contribution is 2.25. The van der Waals surface area contributed by atoms with Crippen LogP contribution in [0.3, 0.4) is 0 Å². The summed E-state index contributed by atoms with van der Waals surface area (Å²) in [5.41, 5.74) is 2.03. The fourth-order valence-electron chi connectivity index (χ4n) is 2.23. The molecule has 0 fully saturated rings. The van der Waals surface area contributed by atoms with Crippen molar-refractivity contribution in [2.45, 2.75) is 12.5 Å². The first kappa shape index (κ1) is 14.2. The summed E-state index contributed by atoms with van der Waals surface area (Å²) in [6.07, 6.45) is 1.88. The quantitative estimate of drug-likeness (QED) is 0.876. The first-order valence-electron chi connectivity index (χ1n) is 6.56. The van der Waals surface area contributed by atoms with Gasteiger partial charge in [0, 0.05) is 12.7 Å². The number of aromatic nitrogens is 1. The summed E-state index contributed by atoms with van der Waals surface area (Å²) < 4.78 is 0. The molecule has 0 radical (unpaired) electrons. The van der Waals surface area contributed by atoms with Crippen LogP contribution in [0.5, 0.6) is 0 Å². The molecule has 1 N–H and O–H groups in total. The minimum atomic E-state index is -0.787. The molecule has 2 rings (SSSR count). The van der Waals surface area contributed by atoms with Gasteiger partial charge in [-0.05, 0) is 24.7 Å². The number of hydrogen-bond donors (Lipinski definition) is 1. The number of nitrogens with zero attached hydrogens (tertiary/aromatic N) is 2. The average molecular weight is 270 g/mol. The van der Waals surface area contributed by atoms with Crippen LogP contribution in [0.25, 0.3) is 0 Å². The zero-order chi connectivity index (χ0) is 14.4. The Bertz CT molecular complexity index is 503. The van der Waals surface area contributed by atoms with Gasteiger partial charge in [-0.3, -0.25) is 14.7 Å². The average Bonchev–Trinajstić information content (AvgIpc) is 2.48. The second kappa shape index (κ2) is 6.82. The minimum Gasteiger partial charge on any atom is -0.481 e. The number of rotatable bonds is 6. The molecule has 1 aromatic carbocycles. The van der Waals surface area contributed by atoms with E-state index in [2.05, 4.69) is 4.98 Å². The van der Waals surface area contributed by atoms with Gasteiger partial charge < -0.3 is 5.11 Å². The summed E-state index contributed by atoms with van der Waals surface area (Å²) in [4.78, 5) is 17.2. The van der Waals surface area contributed by atoms with Crippen LogP contribution in [0.2, 0.25) is 0 Å². The molecule has 0 spiro atoms. The summed E-state index contributed by atoms with van der Waals surface area (Å²) in [6.45, 7) is 0.478. The topological polar surface area (TPSA) is 53.4 Å². The van der Waals surface area contributed by atoms with Gasteiger partial charge in [-0.15, -0.1) is 0 Å². The molecule has 0 bridgehead atoms. The number of hydrogen-bond acceptors (Lipinski definition) is 3. The summed E-state index contributed by atoms with van der Waals surface area (Å²) in [5, 5.41) is 8.84. The molecule has 0 aliphatic heterocycles. The van der Waals surface area contributed by atoms with Crippen LogP contribution in [-0.4, -0.2) is 34.6 Å². The standard InChI is InChI=1S/C16H18N2O2/c1-18(12-10-15(19)20)16(13-7-3-2-4-8-13)14-9-5-6-11-17-14/h2-9,11,16H,10,12H2,1H3,(H,19,20). The Morgan fingerprint density at radius 3 is 2.50 bits per heavy atom. The zero-order valence-electron chi connectivity index (χ0n) is 11.4. The van der Waals surface area contributed by atoms with E-state index in [1.165, 1.54) is 0 Å². The molecular formula is C16H18N2O2. The van der Waals surface area contributed by atoms with Gasteiger partial charge in [-0.25, -0.2) is 0 Å². The van der Waals surface area contributed by atoms with Crippen LogP contribution in [-0.2, 0) is 4.79 Å². The monoisotopic (exact) mass is 270 g/mol. The zero-order valence-corrected chi connectivity index (χ0v) is 11.4. The molecular weight excluding hydrogens is 252 g/mol. The molecule has 1 unspecified atom stereocenters. The first-order chi connectivity index (χ1) is 9.68. The Hall–Kier alpha value is -2.20. The van der Waals surface area contributed by atoms with Crippen molar-refractivity contribution in [2.24, 2.45) is 0 Å². The van der Waals surface area contributed by atoms with Crippen molar-refractivity contribution in [1.82, 2.24) is 9.88 Å². The molecule has 20 heavy (non-hydrogen) atoms. The van der Waals surface area contributed by atoms with Crippen LogP contribution in [0.4, 0.5) is 0 Å². The Labute approximate surface area is 118 Å². The summed E-state index contributed by atoms with van der Waals surface area (Å²) in [5.74, 6) is -0.787. The van der Waals surface area contributed by atoms with E-state index in [0.717, 1.165) is 11.3 Å². The van der Waals surface area contributed by atoms with Gasteiger partial charge in [0.2, 0.25) is 0 Å². The van der Waals surface area contributed by atoms with E-state index in [4.69, 9.17) is 5.11 Å². The molecule has 0 aliphatic rings. The maximum atomic E-state index is 10.8. The van der Waals surface area contributed by atoms with Crippen molar-refractivity contribution in [3.63, 3.8) is 0 Å². The maximum Gasteiger partial charge on any atom is 0.304 e. The lowest BCUT2D eigenvalue weighted by atomic mass is 10.0. The Morgan fingerprint density at radius 2 is 1.90 bits per heavy atom. The van der Waals surface area contributed by atoms with Gasteiger partial charge in [-0.2, -0.15) is 0 Å². The largest absolute Gasteiger partial charge is 0.481 e. The third-order valence-electron chi connectivity index (χ3n) is 3.20. The van der Waals surface area contributed by atoms with Gasteiger partial charge in [0.1, 0.15) is 0 Å². The summed E-state index contributed by atoms with van der Waals surface area (Å²) in [7, 11) is 1.93. The van der Waals surface area contributed by atoms with Gasteiger partial charge >= 0.3 is 5.97 Å². The maximum absolute atomic E-state index is 10.8. The number of carbonyl (C=O) groups is 1. The van der Waals surface area contributed by atoms with E-state index >= 15 is 0 Å².